The third kappa shape index (κ3) is 2.78. The largest absolute Gasteiger partial charge is 0.342 e. The smallest absolute Gasteiger partial charge is 0.244 e. The topological polar surface area (TPSA) is 86.4 Å². The maximum Gasteiger partial charge on any atom is 0.244 e. The van der Waals surface area contributed by atoms with Crippen molar-refractivity contribution in [1.29, 1.82) is 0 Å². The molecule has 0 saturated carbocycles. The minimum absolute atomic E-state index is 0.0865. The number of likely N-dealkylation sites (tertiary alicyclic amines) is 1. The standard InChI is InChI=1S/C17H22N4O3S2/c1-10-6-13(19-18-10)15-8-16(11(2)25-15)26(23,24)21-5-4-14-12(9-21)7-17(22)20(14)3/h6,8,12,14H,4-5,7,9H2,1-3H3,(H,18,19)/t12-,14+/m1/s1. The number of carbonyl (C=O) groups excluding carboxylic acids is 1. The van der Waals surface area contributed by atoms with Crippen LogP contribution in [-0.2, 0) is 14.8 Å². The molecule has 1 N–H and O–H groups in total. The van der Waals surface area contributed by atoms with E-state index in [1.54, 1.807) is 15.3 Å². The average Bonchev–Trinajstić information content (AvgIpc) is 3.26. The lowest BCUT2D eigenvalue weighted by molar-refractivity contribution is -0.127. The normalized spacial score (nSPS) is 24.3. The maximum absolute atomic E-state index is 13.2. The van der Waals surface area contributed by atoms with Crippen LogP contribution in [0.1, 0.15) is 23.4 Å². The number of carbonyl (C=O) groups is 1. The predicted molar refractivity (Wildman–Crippen MR) is 99.4 cm³/mol. The Morgan fingerprint density at radius 1 is 1.31 bits per heavy atom. The molecular formula is C17H22N4O3S2. The fourth-order valence-corrected chi connectivity index (χ4v) is 7.03. The molecule has 2 aromatic heterocycles. The first-order valence-corrected chi connectivity index (χ1v) is 10.9. The molecule has 2 atom stereocenters. The molecule has 2 aliphatic heterocycles. The molecule has 4 rings (SSSR count). The van der Waals surface area contributed by atoms with Gasteiger partial charge in [0.1, 0.15) is 5.69 Å². The maximum atomic E-state index is 13.2. The second-order valence-corrected chi connectivity index (χ2v) is 10.3. The highest BCUT2D eigenvalue weighted by Crippen LogP contribution is 2.37. The Bertz CT molecular complexity index is 963. The first-order chi connectivity index (χ1) is 12.3. The van der Waals surface area contributed by atoms with E-state index >= 15 is 0 Å². The molecule has 0 unspecified atom stereocenters. The third-order valence-electron chi connectivity index (χ3n) is 5.43. The number of amides is 1. The summed E-state index contributed by atoms with van der Waals surface area (Å²) in [6.45, 7) is 4.61. The Balaban J connectivity index is 1.61. The Hall–Kier alpha value is -1.71. The van der Waals surface area contributed by atoms with Gasteiger partial charge in [-0.05, 0) is 32.4 Å². The summed E-state index contributed by atoms with van der Waals surface area (Å²) in [4.78, 5) is 15.7. The number of H-pyrrole nitrogens is 1. The van der Waals surface area contributed by atoms with Crippen LogP contribution >= 0.6 is 11.3 Å². The van der Waals surface area contributed by atoms with Gasteiger partial charge in [0.05, 0.1) is 9.77 Å². The lowest BCUT2D eigenvalue weighted by Gasteiger charge is -2.35. The molecule has 2 aromatic rings. The van der Waals surface area contributed by atoms with E-state index in [2.05, 4.69) is 10.2 Å². The lowest BCUT2D eigenvalue weighted by atomic mass is 9.94. The van der Waals surface area contributed by atoms with Crippen LogP contribution in [0.4, 0.5) is 0 Å². The molecule has 2 saturated heterocycles. The summed E-state index contributed by atoms with van der Waals surface area (Å²) < 4.78 is 28.0. The van der Waals surface area contributed by atoms with Gasteiger partial charge >= 0.3 is 0 Å². The van der Waals surface area contributed by atoms with Gasteiger partial charge in [-0.15, -0.1) is 11.3 Å². The van der Waals surface area contributed by atoms with Crippen molar-refractivity contribution in [2.45, 2.75) is 37.6 Å². The molecule has 140 valence electrons. The first kappa shape index (κ1) is 17.7. The van der Waals surface area contributed by atoms with Gasteiger partial charge in [0, 0.05) is 49.1 Å². The van der Waals surface area contributed by atoms with Crippen LogP contribution in [0.2, 0.25) is 0 Å². The van der Waals surface area contributed by atoms with Gasteiger partial charge in [-0.25, -0.2) is 8.42 Å². The molecule has 9 heteroatoms. The molecule has 0 aliphatic carbocycles. The number of rotatable bonds is 3. The van der Waals surface area contributed by atoms with E-state index in [-0.39, 0.29) is 17.9 Å². The zero-order valence-electron chi connectivity index (χ0n) is 15.0. The van der Waals surface area contributed by atoms with Crippen molar-refractivity contribution >= 4 is 27.3 Å². The average molecular weight is 395 g/mol. The second kappa shape index (κ2) is 6.17. The van der Waals surface area contributed by atoms with E-state index in [9.17, 15) is 13.2 Å². The minimum atomic E-state index is -3.57. The van der Waals surface area contributed by atoms with E-state index in [0.29, 0.717) is 30.8 Å². The summed E-state index contributed by atoms with van der Waals surface area (Å²) in [5, 5.41) is 7.12. The number of aromatic amines is 1. The van der Waals surface area contributed by atoms with Crippen LogP contribution in [0.5, 0.6) is 0 Å². The summed E-state index contributed by atoms with van der Waals surface area (Å²) in [5.41, 5.74) is 1.70. The van der Waals surface area contributed by atoms with Gasteiger partial charge in [0.15, 0.2) is 0 Å². The van der Waals surface area contributed by atoms with E-state index in [1.165, 1.54) is 11.3 Å². The van der Waals surface area contributed by atoms with E-state index in [0.717, 1.165) is 21.1 Å². The fraction of sp³-hybridized carbons (Fsp3) is 0.529. The Morgan fingerprint density at radius 2 is 2.08 bits per heavy atom. The number of hydrogen-bond donors (Lipinski definition) is 1. The number of nitrogens with one attached hydrogen (secondary N) is 1. The number of piperidine rings is 1. The van der Waals surface area contributed by atoms with Gasteiger partial charge in [-0.1, -0.05) is 0 Å². The SMILES string of the molecule is Cc1cc(-c2cc(S(=O)(=O)N3CC[C@H]4[C@H](CC(=O)N4C)C3)c(C)s2)n[nH]1. The number of thiophene rings is 1. The number of fused-ring (bicyclic) bond motifs is 1. The van der Waals surface area contributed by atoms with Crippen LogP contribution in [0.3, 0.4) is 0 Å². The van der Waals surface area contributed by atoms with Gasteiger partial charge in [-0.2, -0.15) is 9.40 Å². The Morgan fingerprint density at radius 3 is 2.77 bits per heavy atom. The summed E-state index contributed by atoms with van der Waals surface area (Å²) in [5.74, 6) is 0.200. The number of aryl methyl sites for hydroxylation is 2. The van der Waals surface area contributed by atoms with Crippen molar-refractivity contribution in [2.24, 2.45) is 5.92 Å². The van der Waals surface area contributed by atoms with Crippen molar-refractivity contribution in [1.82, 2.24) is 19.4 Å². The van der Waals surface area contributed by atoms with Crippen molar-refractivity contribution < 1.29 is 13.2 Å². The number of nitrogens with zero attached hydrogens (tertiary/aromatic N) is 3. The quantitative estimate of drug-likeness (QED) is 0.863. The predicted octanol–water partition coefficient (Wildman–Crippen LogP) is 2.00. The van der Waals surface area contributed by atoms with Gasteiger partial charge in [-0.3, -0.25) is 9.89 Å². The summed E-state index contributed by atoms with van der Waals surface area (Å²) in [6, 6.07) is 3.80. The molecule has 4 heterocycles. The summed E-state index contributed by atoms with van der Waals surface area (Å²) in [7, 11) is -1.75. The number of aromatic nitrogens is 2. The van der Waals surface area contributed by atoms with Crippen LogP contribution < -0.4 is 0 Å². The van der Waals surface area contributed by atoms with Crippen molar-refractivity contribution in [3.63, 3.8) is 0 Å². The van der Waals surface area contributed by atoms with Crippen molar-refractivity contribution in [3.8, 4) is 10.6 Å². The lowest BCUT2D eigenvalue weighted by Crippen LogP contribution is -2.47. The van der Waals surface area contributed by atoms with Crippen LogP contribution in [0.25, 0.3) is 10.6 Å². The van der Waals surface area contributed by atoms with Crippen molar-refractivity contribution in [2.75, 3.05) is 20.1 Å². The molecule has 2 aliphatic rings. The van der Waals surface area contributed by atoms with E-state index in [4.69, 9.17) is 0 Å². The number of sulfonamides is 1. The van der Waals surface area contributed by atoms with Gasteiger partial charge < -0.3 is 4.90 Å². The Labute approximate surface area is 157 Å². The van der Waals surface area contributed by atoms with Crippen molar-refractivity contribution in [3.05, 3.63) is 22.7 Å². The monoisotopic (exact) mass is 394 g/mol. The van der Waals surface area contributed by atoms with Gasteiger partial charge in [0.2, 0.25) is 15.9 Å². The summed E-state index contributed by atoms with van der Waals surface area (Å²) in [6.07, 6.45) is 1.13. The van der Waals surface area contributed by atoms with E-state index in [1.807, 2.05) is 27.0 Å². The zero-order valence-corrected chi connectivity index (χ0v) is 16.7. The highest BCUT2D eigenvalue weighted by molar-refractivity contribution is 7.89. The fourth-order valence-electron chi connectivity index (χ4n) is 4.00. The molecule has 0 aromatic carbocycles. The van der Waals surface area contributed by atoms with Crippen LogP contribution in [-0.4, -0.2) is 59.9 Å². The molecule has 1 amide bonds. The summed E-state index contributed by atoms with van der Waals surface area (Å²) >= 11 is 1.44. The van der Waals surface area contributed by atoms with E-state index < -0.39 is 10.0 Å². The van der Waals surface area contributed by atoms with Crippen LogP contribution in [0, 0.1) is 19.8 Å². The third-order valence-corrected chi connectivity index (χ3v) is 8.63. The molecule has 0 spiro atoms. The van der Waals surface area contributed by atoms with Gasteiger partial charge in [0.25, 0.3) is 0 Å². The molecule has 0 bridgehead atoms. The molecule has 2 fully saturated rings. The zero-order chi connectivity index (χ0) is 18.6. The molecular weight excluding hydrogens is 372 g/mol. The highest BCUT2D eigenvalue weighted by Gasteiger charge is 2.44. The number of hydrogen-bond acceptors (Lipinski definition) is 5. The molecule has 26 heavy (non-hydrogen) atoms. The highest BCUT2D eigenvalue weighted by atomic mass is 32.2. The van der Waals surface area contributed by atoms with Crippen LogP contribution in [0.15, 0.2) is 17.0 Å². The molecule has 7 nitrogen and oxygen atoms in total. The second-order valence-electron chi connectivity index (χ2n) is 7.16. The minimum Gasteiger partial charge on any atom is -0.342 e. The molecule has 0 radical (unpaired) electrons. The first-order valence-electron chi connectivity index (χ1n) is 8.66. The Kier molecular flexibility index (Phi) is 4.20.